The van der Waals surface area contributed by atoms with E-state index in [-0.39, 0.29) is 0 Å². The number of rotatable bonds is 26. The lowest BCUT2D eigenvalue weighted by Gasteiger charge is -2.31. The summed E-state index contributed by atoms with van der Waals surface area (Å²) in [6.45, 7) is 24.4. The fourth-order valence-electron chi connectivity index (χ4n) is 8.13. The number of unbranched alkanes of at least 4 members (excludes halogenated alkanes) is 15. The quantitative estimate of drug-likeness (QED) is 0.0976. The molecule has 2 aromatic carbocycles. The Morgan fingerprint density at radius 3 is 1.79 bits per heavy atom. The van der Waals surface area contributed by atoms with Gasteiger partial charge < -0.3 is 15.1 Å². The van der Waals surface area contributed by atoms with Crippen LogP contribution in [0.5, 0.6) is 0 Å². The number of nitrogens with one attached hydrogen (secondary N) is 1. The summed E-state index contributed by atoms with van der Waals surface area (Å²) in [7, 11) is 0. The van der Waals surface area contributed by atoms with E-state index >= 15 is 0 Å². The number of benzene rings is 2. The highest BCUT2D eigenvalue weighted by Crippen LogP contribution is 2.44. The molecule has 0 radical (unpaired) electrons. The third-order valence-corrected chi connectivity index (χ3v) is 11.3. The third-order valence-electron chi connectivity index (χ3n) is 11.3. The van der Waals surface area contributed by atoms with E-state index in [1.165, 1.54) is 153 Å². The van der Waals surface area contributed by atoms with E-state index in [1.54, 1.807) is 0 Å². The number of hydrogen-bond donors (Lipinski definition) is 1. The topological polar surface area (TPSA) is 18.5 Å². The van der Waals surface area contributed by atoms with Crippen LogP contribution < -0.4 is 10.2 Å². The van der Waals surface area contributed by atoms with Crippen molar-refractivity contribution < 1.29 is 0 Å². The van der Waals surface area contributed by atoms with E-state index in [2.05, 4.69) is 117 Å². The maximum Gasteiger partial charge on any atom is 0.0372 e. The molecule has 0 spiro atoms. The van der Waals surface area contributed by atoms with Crippen molar-refractivity contribution in [3.8, 4) is 0 Å². The normalized spacial score (nSPS) is 13.2. The van der Waals surface area contributed by atoms with Crippen molar-refractivity contribution in [3.05, 3.63) is 101 Å². The molecule has 3 nitrogen and oxygen atoms in total. The minimum absolute atomic E-state index is 0.993. The second-order valence-electron chi connectivity index (χ2n) is 15.2. The number of fused-ring (bicyclic) bond motifs is 2. The van der Waals surface area contributed by atoms with Gasteiger partial charge in [-0.3, -0.25) is 0 Å². The largest absolute Gasteiger partial charge is 0.372 e. The molecule has 0 saturated carbocycles. The van der Waals surface area contributed by atoms with Gasteiger partial charge in [-0.25, -0.2) is 0 Å². The molecule has 2 aromatic rings. The first-order valence-electron chi connectivity index (χ1n) is 22.3. The predicted octanol–water partition coefficient (Wildman–Crippen LogP) is 13.9. The smallest absolute Gasteiger partial charge is 0.0372 e. The number of nitrogens with zero attached hydrogens (tertiary/aromatic N) is 2. The van der Waals surface area contributed by atoms with Crippen LogP contribution in [0, 0.1) is 0 Å². The van der Waals surface area contributed by atoms with Gasteiger partial charge in [0, 0.05) is 43.1 Å². The molecule has 0 bridgehead atoms. The van der Waals surface area contributed by atoms with Crippen molar-refractivity contribution in [2.75, 3.05) is 44.2 Å². The molecule has 0 heterocycles. The molecule has 0 unspecified atom stereocenters. The molecule has 0 aliphatic heterocycles. The van der Waals surface area contributed by atoms with E-state index in [9.17, 15) is 0 Å². The van der Waals surface area contributed by atoms with Crippen LogP contribution in [0.3, 0.4) is 0 Å². The average molecular weight is 722 g/mol. The van der Waals surface area contributed by atoms with Gasteiger partial charge in [-0.1, -0.05) is 172 Å². The van der Waals surface area contributed by atoms with Crippen LogP contribution in [0.25, 0.3) is 11.3 Å². The van der Waals surface area contributed by atoms with Gasteiger partial charge in [-0.2, -0.15) is 0 Å². The Kier molecular flexibility index (Phi) is 22.3. The molecule has 53 heavy (non-hydrogen) atoms. The Morgan fingerprint density at radius 2 is 1.25 bits per heavy atom. The lowest BCUT2D eigenvalue weighted by Crippen LogP contribution is -2.23. The molecule has 2 aliphatic rings. The molecular weight excluding hydrogens is 643 g/mol. The maximum atomic E-state index is 4.73. The highest BCUT2D eigenvalue weighted by molar-refractivity contribution is 5.94. The van der Waals surface area contributed by atoms with Gasteiger partial charge in [0.15, 0.2) is 0 Å². The highest BCUT2D eigenvalue weighted by Gasteiger charge is 2.26. The summed E-state index contributed by atoms with van der Waals surface area (Å²) in [4.78, 5) is 4.98. The molecular formula is C50H79N3. The van der Waals surface area contributed by atoms with Crippen LogP contribution in [0.1, 0.15) is 173 Å². The summed E-state index contributed by atoms with van der Waals surface area (Å²) in [5.41, 5.74) is 12.2. The number of allylic oxidation sites excluding steroid dienone is 5. The summed E-state index contributed by atoms with van der Waals surface area (Å²) in [5.74, 6) is 0. The van der Waals surface area contributed by atoms with Crippen molar-refractivity contribution in [1.82, 2.24) is 10.2 Å². The maximum absolute atomic E-state index is 4.73. The SMILES string of the molecule is C=C(c1ccccc1C1=C2C=CCC=C2Cc2cc(N(CC)CC)ccc21)N(CC)CCCCCCCCCCCCCCCCCC.CCNCC. The van der Waals surface area contributed by atoms with Crippen LogP contribution in [0.4, 0.5) is 5.69 Å². The molecule has 1 N–H and O–H groups in total. The minimum Gasteiger partial charge on any atom is -0.372 e. The second kappa shape index (κ2) is 26.7. The molecule has 0 fully saturated rings. The molecule has 0 atom stereocenters. The molecule has 3 heteroatoms. The number of hydrogen-bond acceptors (Lipinski definition) is 3. The van der Waals surface area contributed by atoms with Crippen molar-refractivity contribution in [2.24, 2.45) is 0 Å². The summed E-state index contributed by atoms with van der Waals surface area (Å²) in [6, 6.07) is 16.2. The van der Waals surface area contributed by atoms with Crippen molar-refractivity contribution in [2.45, 2.75) is 157 Å². The lowest BCUT2D eigenvalue weighted by molar-refractivity contribution is 0.398. The molecule has 294 valence electrons. The first-order valence-corrected chi connectivity index (χ1v) is 22.3. The van der Waals surface area contributed by atoms with Gasteiger partial charge in [-0.15, -0.1) is 0 Å². The average Bonchev–Trinajstić information content (AvgIpc) is 3.19. The van der Waals surface area contributed by atoms with Crippen LogP contribution in [0.15, 0.2) is 78.4 Å². The molecule has 0 amide bonds. The zero-order chi connectivity index (χ0) is 38.1. The van der Waals surface area contributed by atoms with Gasteiger partial charge in [0.2, 0.25) is 0 Å². The summed E-state index contributed by atoms with van der Waals surface area (Å²) in [6.07, 6.45) is 31.7. The van der Waals surface area contributed by atoms with Crippen LogP contribution >= 0.6 is 0 Å². The Morgan fingerprint density at radius 1 is 0.660 bits per heavy atom. The van der Waals surface area contributed by atoms with Crippen LogP contribution in [0.2, 0.25) is 0 Å². The summed E-state index contributed by atoms with van der Waals surface area (Å²) < 4.78 is 0. The standard InChI is InChI=1S/C46H68N2.C4H11N/c1-6-10-11-12-13-14-15-16-17-18-19-20-21-22-23-28-35-48(9-4)38(5)42-30-26-27-32-45(42)46-43-31-25-24-29-39(43)36-40-37-41(33-34-44(40)46)47(7-2)8-3;1-3-5-4-2/h25-27,29-34,37H,5-24,28,35-36H2,1-4H3;5H,3-4H2,1-2H3. The lowest BCUT2D eigenvalue weighted by atomic mass is 9.76. The Balaban J connectivity index is 0.00000141. The summed E-state index contributed by atoms with van der Waals surface area (Å²) in [5, 5.41) is 3.11. The third kappa shape index (κ3) is 14.6. The first-order chi connectivity index (χ1) is 26.0. The van der Waals surface area contributed by atoms with Gasteiger partial charge in [0.1, 0.15) is 0 Å². The zero-order valence-corrected chi connectivity index (χ0v) is 35.3. The van der Waals surface area contributed by atoms with Gasteiger partial charge in [0.25, 0.3) is 0 Å². The Labute approximate surface area is 328 Å². The first kappa shape index (κ1) is 44.4. The van der Waals surface area contributed by atoms with Gasteiger partial charge in [0.05, 0.1) is 0 Å². The van der Waals surface area contributed by atoms with E-state index in [0.717, 1.165) is 52.1 Å². The Hall–Kier alpha value is -3.04. The second-order valence-corrected chi connectivity index (χ2v) is 15.2. The summed E-state index contributed by atoms with van der Waals surface area (Å²) >= 11 is 0. The van der Waals surface area contributed by atoms with Crippen molar-refractivity contribution >= 4 is 17.0 Å². The van der Waals surface area contributed by atoms with E-state index < -0.39 is 0 Å². The zero-order valence-electron chi connectivity index (χ0n) is 35.3. The molecule has 2 aliphatic carbocycles. The Bertz CT molecular complexity index is 1410. The monoisotopic (exact) mass is 722 g/mol. The van der Waals surface area contributed by atoms with E-state index in [0.29, 0.717) is 0 Å². The minimum atomic E-state index is 0.993. The van der Waals surface area contributed by atoms with E-state index in [1.807, 2.05) is 0 Å². The van der Waals surface area contributed by atoms with Gasteiger partial charge in [-0.05, 0) is 98.7 Å². The highest BCUT2D eigenvalue weighted by atomic mass is 15.1. The molecule has 0 aromatic heterocycles. The van der Waals surface area contributed by atoms with Crippen LogP contribution in [-0.2, 0) is 6.42 Å². The van der Waals surface area contributed by atoms with Crippen LogP contribution in [-0.4, -0.2) is 44.2 Å². The fourth-order valence-corrected chi connectivity index (χ4v) is 8.13. The molecule has 0 saturated heterocycles. The van der Waals surface area contributed by atoms with E-state index in [4.69, 9.17) is 6.58 Å². The molecule has 4 rings (SSSR count). The number of anilines is 1. The van der Waals surface area contributed by atoms with Crippen molar-refractivity contribution in [1.29, 1.82) is 0 Å². The van der Waals surface area contributed by atoms with Crippen molar-refractivity contribution in [3.63, 3.8) is 0 Å². The fraction of sp³-hybridized carbons (Fsp3) is 0.600. The van der Waals surface area contributed by atoms with Gasteiger partial charge >= 0.3 is 0 Å². The predicted molar refractivity (Wildman–Crippen MR) is 238 cm³/mol.